The number of nitrogens with one attached hydrogen (secondary N) is 1. The van der Waals surface area contributed by atoms with Gasteiger partial charge in [-0.05, 0) is 18.0 Å². The molecule has 0 aromatic heterocycles. The molecule has 0 bridgehead atoms. The van der Waals surface area contributed by atoms with E-state index >= 15 is 0 Å². The van der Waals surface area contributed by atoms with Gasteiger partial charge in [-0.2, -0.15) is 0 Å². The Morgan fingerprint density at radius 3 is 2.58 bits per heavy atom. The van der Waals surface area contributed by atoms with Gasteiger partial charge in [0.2, 0.25) is 0 Å². The molecule has 0 heterocycles. The number of rotatable bonds is 7. The van der Waals surface area contributed by atoms with Gasteiger partial charge in [0, 0.05) is 26.2 Å². The fraction of sp³-hybridized carbons (Fsp3) is 0.571. The van der Waals surface area contributed by atoms with Crippen LogP contribution in [-0.4, -0.2) is 30.0 Å². The third kappa shape index (κ3) is 4.21. The number of hydrogen-bond donors (Lipinski definition) is 1. The topological polar surface area (TPSA) is 58.4 Å². The molecule has 0 saturated carbocycles. The van der Waals surface area contributed by atoms with Crippen LogP contribution in [0.3, 0.4) is 0 Å². The number of nitrogens with zero attached hydrogens (tertiary/aromatic N) is 2. The van der Waals surface area contributed by atoms with Crippen LogP contribution in [0.5, 0.6) is 0 Å². The molecule has 0 unspecified atom stereocenters. The zero-order valence-corrected chi connectivity index (χ0v) is 12.1. The van der Waals surface area contributed by atoms with Crippen molar-refractivity contribution in [1.82, 2.24) is 4.90 Å². The van der Waals surface area contributed by atoms with Gasteiger partial charge in [0.15, 0.2) is 0 Å². The smallest absolute Gasteiger partial charge is 0.292 e. The molecule has 0 aliphatic carbocycles. The van der Waals surface area contributed by atoms with E-state index in [1.165, 1.54) is 6.07 Å². The highest BCUT2D eigenvalue weighted by atomic mass is 16.6. The zero-order chi connectivity index (χ0) is 14.4. The highest BCUT2D eigenvalue weighted by Gasteiger charge is 2.17. The van der Waals surface area contributed by atoms with Gasteiger partial charge in [-0.1, -0.05) is 32.9 Å². The molecular weight excluding hydrogens is 242 g/mol. The summed E-state index contributed by atoms with van der Waals surface area (Å²) in [7, 11) is 1.73. The van der Waals surface area contributed by atoms with Crippen molar-refractivity contribution < 1.29 is 4.92 Å². The molecule has 1 aromatic rings. The van der Waals surface area contributed by atoms with Crippen molar-refractivity contribution in [2.24, 2.45) is 5.92 Å². The Morgan fingerprint density at radius 1 is 1.42 bits per heavy atom. The zero-order valence-electron chi connectivity index (χ0n) is 12.1. The minimum Gasteiger partial charge on any atom is -0.382 e. The summed E-state index contributed by atoms with van der Waals surface area (Å²) < 4.78 is 0. The van der Waals surface area contributed by atoms with E-state index in [0.717, 1.165) is 25.2 Å². The molecule has 0 radical (unpaired) electrons. The van der Waals surface area contributed by atoms with Crippen LogP contribution >= 0.6 is 0 Å². The number of para-hydroxylation sites is 1. The Balaban J connectivity index is 2.99. The van der Waals surface area contributed by atoms with Crippen LogP contribution in [0.2, 0.25) is 0 Å². The maximum absolute atomic E-state index is 11.0. The van der Waals surface area contributed by atoms with Gasteiger partial charge < -0.3 is 5.32 Å². The van der Waals surface area contributed by atoms with Crippen LogP contribution in [0.25, 0.3) is 0 Å². The lowest BCUT2D eigenvalue weighted by molar-refractivity contribution is -0.384. The van der Waals surface area contributed by atoms with E-state index in [2.05, 4.69) is 31.0 Å². The predicted octanol–water partition coefficient (Wildman–Crippen LogP) is 3.11. The Labute approximate surface area is 114 Å². The fourth-order valence-electron chi connectivity index (χ4n) is 2.22. The summed E-state index contributed by atoms with van der Waals surface area (Å²) in [5, 5.41) is 14.0. The molecule has 0 aliphatic heterocycles. The summed E-state index contributed by atoms with van der Waals surface area (Å²) in [5.41, 5.74) is 1.73. The van der Waals surface area contributed by atoms with Gasteiger partial charge >= 0.3 is 0 Å². The number of benzene rings is 1. The first kappa shape index (κ1) is 15.4. The predicted molar refractivity (Wildman–Crippen MR) is 78.4 cm³/mol. The molecule has 0 amide bonds. The van der Waals surface area contributed by atoms with Crippen molar-refractivity contribution in [3.8, 4) is 0 Å². The molecule has 1 aromatic carbocycles. The maximum Gasteiger partial charge on any atom is 0.292 e. The Bertz CT molecular complexity index is 433. The molecule has 1 N–H and O–H groups in total. The first-order valence-electron chi connectivity index (χ1n) is 6.66. The molecule has 0 fully saturated rings. The van der Waals surface area contributed by atoms with Crippen molar-refractivity contribution in [2.45, 2.75) is 27.3 Å². The van der Waals surface area contributed by atoms with Crippen LogP contribution in [0.4, 0.5) is 11.4 Å². The summed E-state index contributed by atoms with van der Waals surface area (Å²) in [4.78, 5) is 13.0. The largest absolute Gasteiger partial charge is 0.382 e. The van der Waals surface area contributed by atoms with Crippen molar-refractivity contribution in [3.05, 3.63) is 33.9 Å². The van der Waals surface area contributed by atoms with E-state index in [4.69, 9.17) is 0 Å². The fourth-order valence-corrected chi connectivity index (χ4v) is 2.22. The van der Waals surface area contributed by atoms with Crippen LogP contribution < -0.4 is 5.32 Å². The maximum atomic E-state index is 11.0. The second kappa shape index (κ2) is 7.09. The van der Waals surface area contributed by atoms with Gasteiger partial charge in [-0.3, -0.25) is 15.0 Å². The van der Waals surface area contributed by atoms with Gasteiger partial charge in [-0.25, -0.2) is 0 Å². The quantitative estimate of drug-likeness (QED) is 0.608. The standard InChI is InChI=1S/C14H23N3O2/c1-5-16(9-11(2)3)10-12-7-6-8-13(17(18)19)14(12)15-4/h6-8,11,15H,5,9-10H2,1-4H3. The number of nitro groups is 1. The molecular formula is C14H23N3O2. The highest BCUT2D eigenvalue weighted by Crippen LogP contribution is 2.28. The van der Waals surface area contributed by atoms with Crippen LogP contribution in [0.15, 0.2) is 18.2 Å². The molecule has 0 atom stereocenters. The molecule has 19 heavy (non-hydrogen) atoms. The van der Waals surface area contributed by atoms with E-state index in [9.17, 15) is 10.1 Å². The van der Waals surface area contributed by atoms with Gasteiger partial charge in [0.1, 0.15) is 5.69 Å². The van der Waals surface area contributed by atoms with E-state index in [-0.39, 0.29) is 10.6 Å². The van der Waals surface area contributed by atoms with Crippen molar-refractivity contribution in [3.63, 3.8) is 0 Å². The number of hydrogen-bond acceptors (Lipinski definition) is 4. The van der Waals surface area contributed by atoms with Gasteiger partial charge in [0.25, 0.3) is 5.69 Å². The second-order valence-corrected chi connectivity index (χ2v) is 5.04. The van der Waals surface area contributed by atoms with E-state index in [1.807, 2.05) is 6.07 Å². The molecule has 0 spiro atoms. The molecule has 106 valence electrons. The summed E-state index contributed by atoms with van der Waals surface area (Å²) >= 11 is 0. The van der Waals surface area contributed by atoms with Crippen molar-refractivity contribution >= 4 is 11.4 Å². The monoisotopic (exact) mass is 265 g/mol. The van der Waals surface area contributed by atoms with Gasteiger partial charge in [0.05, 0.1) is 4.92 Å². The minimum atomic E-state index is -0.339. The van der Waals surface area contributed by atoms with Crippen molar-refractivity contribution in [2.75, 3.05) is 25.5 Å². The first-order valence-corrected chi connectivity index (χ1v) is 6.66. The lowest BCUT2D eigenvalue weighted by Gasteiger charge is -2.23. The van der Waals surface area contributed by atoms with Crippen molar-refractivity contribution in [1.29, 1.82) is 0 Å². The van der Waals surface area contributed by atoms with Crippen LogP contribution in [0.1, 0.15) is 26.3 Å². The number of nitro benzene ring substituents is 1. The lowest BCUT2D eigenvalue weighted by atomic mass is 10.1. The third-order valence-corrected chi connectivity index (χ3v) is 3.04. The number of anilines is 1. The average Bonchev–Trinajstić information content (AvgIpc) is 2.36. The summed E-state index contributed by atoms with van der Waals surface area (Å²) in [6.07, 6.45) is 0. The molecule has 1 rings (SSSR count). The molecule has 5 heteroatoms. The van der Waals surface area contributed by atoms with Crippen LogP contribution in [0, 0.1) is 16.0 Å². The Kier molecular flexibility index (Phi) is 5.76. The third-order valence-electron chi connectivity index (χ3n) is 3.04. The highest BCUT2D eigenvalue weighted by molar-refractivity contribution is 5.66. The normalized spacial score (nSPS) is 11.1. The van der Waals surface area contributed by atoms with E-state index in [0.29, 0.717) is 11.6 Å². The molecule has 0 saturated heterocycles. The Hall–Kier alpha value is -1.62. The average molecular weight is 265 g/mol. The molecule has 5 nitrogen and oxygen atoms in total. The summed E-state index contributed by atoms with van der Waals surface area (Å²) in [6.45, 7) is 9.11. The Morgan fingerprint density at radius 2 is 2.11 bits per heavy atom. The SMILES string of the molecule is CCN(Cc1cccc([N+](=O)[O-])c1NC)CC(C)C. The lowest BCUT2D eigenvalue weighted by Crippen LogP contribution is -2.27. The minimum absolute atomic E-state index is 0.139. The summed E-state index contributed by atoms with van der Waals surface area (Å²) in [6, 6.07) is 5.23. The molecule has 0 aliphatic rings. The second-order valence-electron chi connectivity index (χ2n) is 5.04. The van der Waals surface area contributed by atoms with E-state index < -0.39 is 0 Å². The van der Waals surface area contributed by atoms with Crippen LogP contribution in [-0.2, 0) is 6.54 Å². The van der Waals surface area contributed by atoms with Gasteiger partial charge in [-0.15, -0.1) is 0 Å². The van der Waals surface area contributed by atoms with E-state index in [1.54, 1.807) is 13.1 Å². The summed E-state index contributed by atoms with van der Waals surface area (Å²) in [5.74, 6) is 0.580. The first-order chi connectivity index (χ1) is 8.99.